The number of nitrogens with zero attached hydrogens (tertiary/aromatic N) is 2. The normalized spacial score (nSPS) is 10.2. The highest BCUT2D eigenvalue weighted by Gasteiger charge is 2.20. The molecule has 2 nitrogen and oxygen atoms in total. The van der Waals surface area contributed by atoms with Crippen molar-refractivity contribution in [3.8, 4) is 6.07 Å². The number of nitriles is 1. The van der Waals surface area contributed by atoms with Crippen LogP contribution in [0.3, 0.4) is 0 Å². The SMILES string of the molecule is N#Cc1nc(I)cc(F)c1C(F)F. The van der Waals surface area contributed by atoms with Crippen molar-refractivity contribution in [3.63, 3.8) is 0 Å². The van der Waals surface area contributed by atoms with Gasteiger partial charge in [0.05, 0.1) is 5.56 Å². The molecule has 0 bridgehead atoms. The third kappa shape index (κ3) is 2.09. The Morgan fingerprint density at radius 1 is 1.54 bits per heavy atom. The topological polar surface area (TPSA) is 36.7 Å². The Bertz CT molecular complexity index is 373. The number of halogens is 4. The summed E-state index contributed by atoms with van der Waals surface area (Å²) >= 11 is 1.65. The maximum absolute atomic E-state index is 12.9. The number of rotatable bonds is 1. The minimum absolute atomic E-state index is 0.177. The van der Waals surface area contributed by atoms with Gasteiger partial charge in [0.15, 0.2) is 5.69 Å². The second kappa shape index (κ2) is 3.91. The van der Waals surface area contributed by atoms with Crippen LogP contribution >= 0.6 is 22.6 Å². The average Bonchev–Trinajstić information content (AvgIpc) is 2.01. The van der Waals surface area contributed by atoms with E-state index in [1.807, 2.05) is 0 Å². The highest BCUT2D eigenvalue weighted by atomic mass is 127. The lowest BCUT2D eigenvalue weighted by molar-refractivity contribution is 0.145. The summed E-state index contributed by atoms with van der Waals surface area (Å²) in [6.45, 7) is 0. The zero-order valence-corrected chi connectivity index (χ0v) is 8.22. The van der Waals surface area contributed by atoms with Crippen molar-refractivity contribution in [2.75, 3.05) is 0 Å². The van der Waals surface area contributed by atoms with Crippen molar-refractivity contribution in [3.05, 3.63) is 26.8 Å². The second-order valence-corrected chi connectivity index (χ2v) is 3.21. The second-order valence-electron chi connectivity index (χ2n) is 2.10. The lowest BCUT2D eigenvalue weighted by Crippen LogP contribution is -2.00. The molecule has 1 aromatic rings. The Kier molecular flexibility index (Phi) is 3.08. The summed E-state index contributed by atoms with van der Waals surface area (Å²) in [5.74, 6) is -1.09. The average molecular weight is 298 g/mol. The molecule has 0 amide bonds. The first-order chi connectivity index (χ1) is 6.06. The molecule has 0 saturated heterocycles. The summed E-state index contributed by atoms with van der Waals surface area (Å²) in [4.78, 5) is 3.48. The van der Waals surface area contributed by atoms with Crippen LogP contribution in [-0.2, 0) is 0 Å². The van der Waals surface area contributed by atoms with Crippen LogP contribution < -0.4 is 0 Å². The highest BCUT2D eigenvalue weighted by molar-refractivity contribution is 14.1. The van der Waals surface area contributed by atoms with E-state index in [2.05, 4.69) is 4.98 Å². The number of aromatic nitrogens is 1. The molecule has 6 heteroatoms. The monoisotopic (exact) mass is 298 g/mol. The van der Waals surface area contributed by atoms with Crippen LogP contribution in [0.2, 0.25) is 0 Å². The predicted octanol–water partition coefficient (Wildman–Crippen LogP) is 2.63. The summed E-state index contributed by atoms with van der Waals surface area (Å²) in [6.07, 6.45) is -3.01. The Morgan fingerprint density at radius 2 is 2.15 bits per heavy atom. The molecule has 1 rings (SSSR count). The highest BCUT2D eigenvalue weighted by Crippen LogP contribution is 2.25. The summed E-state index contributed by atoms with van der Waals surface area (Å²) < 4.78 is 37.4. The van der Waals surface area contributed by atoms with Gasteiger partial charge in [-0.25, -0.2) is 18.2 Å². The molecule has 0 saturated carbocycles. The van der Waals surface area contributed by atoms with Gasteiger partial charge in [-0.2, -0.15) is 5.26 Å². The van der Waals surface area contributed by atoms with Crippen LogP contribution in [0, 0.1) is 20.8 Å². The summed E-state index contributed by atoms with van der Waals surface area (Å²) in [7, 11) is 0. The van der Waals surface area contributed by atoms with E-state index in [9.17, 15) is 13.2 Å². The van der Waals surface area contributed by atoms with Gasteiger partial charge in [0.1, 0.15) is 15.6 Å². The Labute approximate surface area is 85.5 Å². The molecule has 0 aliphatic carbocycles. The molecule has 0 atom stereocenters. The summed E-state index contributed by atoms with van der Waals surface area (Å²) in [5.41, 5.74) is -1.48. The van der Waals surface area contributed by atoms with Gasteiger partial charge in [-0.15, -0.1) is 0 Å². The van der Waals surface area contributed by atoms with Gasteiger partial charge in [0.25, 0.3) is 6.43 Å². The number of hydrogen-bond acceptors (Lipinski definition) is 2. The lowest BCUT2D eigenvalue weighted by Gasteiger charge is -2.03. The van der Waals surface area contributed by atoms with Gasteiger partial charge in [-0.1, -0.05) is 0 Å². The van der Waals surface area contributed by atoms with E-state index in [-0.39, 0.29) is 3.70 Å². The maximum atomic E-state index is 12.9. The molecule has 1 aromatic heterocycles. The van der Waals surface area contributed by atoms with E-state index in [4.69, 9.17) is 5.26 Å². The first kappa shape index (κ1) is 10.2. The van der Waals surface area contributed by atoms with Gasteiger partial charge in [-0.3, -0.25) is 0 Å². The van der Waals surface area contributed by atoms with Gasteiger partial charge in [0, 0.05) is 6.07 Å². The lowest BCUT2D eigenvalue weighted by atomic mass is 10.2. The molecule has 0 aliphatic heterocycles. The van der Waals surface area contributed by atoms with Crippen LogP contribution in [0.5, 0.6) is 0 Å². The zero-order valence-electron chi connectivity index (χ0n) is 6.06. The van der Waals surface area contributed by atoms with E-state index < -0.39 is 23.5 Å². The molecule has 0 fully saturated rings. The van der Waals surface area contributed by atoms with Crippen molar-refractivity contribution in [1.82, 2.24) is 4.98 Å². The fraction of sp³-hybridized carbons (Fsp3) is 0.143. The van der Waals surface area contributed by atoms with E-state index in [0.717, 1.165) is 6.07 Å². The molecule has 0 unspecified atom stereocenters. The molecule has 0 radical (unpaired) electrons. The molecule has 68 valence electrons. The van der Waals surface area contributed by atoms with E-state index in [1.54, 1.807) is 22.6 Å². The molecular weight excluding hydrogens is 296 g/mol. The Balaban J connectivity index is 3.41. The molecule has 1 heterocycles. The minimum Gasteiger partial charge on any atom is -0.230 e. The van der Waals surface area contributed by atoms with Gasteiger partial charge in [0.2, 0.25) is 0 Å². The third-order valence-corrected chi connectivity index (χ3v) is 1.85. The Hall–Kier alpha value is -0.840. The fourth-order valence-corrected chi connectivity index (χ4v) is 1.30. The third-order valence-electron chi connectivity index (χ3n) is 1.30. The van der Waals surface area contributed by atoms with Crippen molar-refractivity contribution in [2.45, 2.75) is 6.43 Å². The quantitative estimate of drug-likeness (QED) is 0.590. The van der Waals surface area contributed by atoms with Crippen molar-refractivity contribution < 1.29 is 13.2 Å². The van der Waals surface area contributed by atoms with Gasteiger partial charge >= 0.3 is 0 Å². The Morgan fingerprint density at radius 3 is 2.62 bits per heavy atom. The van der Waals surface area contributed by atoms with E-state index in [1.165, 1.54) is 6.07 Å². The standard InChI is InChI=1S/C7H2F3IN2/c8-3-1-5(11)13-4(2-12)6(3)7(9)10/h1,7H. The summed E-state index contributed by atoms with van der Waals surface area (Å²) in [6, 6.07) is 2.29. The van der Waals surface area contributed by atoms with E-state index in [0.29, 0.717) is 0 Å². The molecule has 0 N–H and O–H groups in total. The van der Waals surface area contributed by atoms with Crippen molar-refractivity contribution in [2.24, 2.45) is 0 Å². The van der Waals surface area contributed by atoms with Gasteiger partial charge in [-0.05, 0) is 22.6 Å². The van der Waals surface area contributed by atoms with E-state index >= 15 is 0 Å². The van der Waals surface area contributed by atoms with Crippen molar-refractivity contribution >= 4 is 22.6 Å². The number of alkyl halides is 2. The first-order valence-corrected chi connectivity index (χ1v) is 4.18. The van der Waals surface area contributed by atoms with Crippen LogP contribution in [0.1, 0.15) is 17.7 Å². The first-order valence-electron chi connectivity index (χ1n) is 3.10. The smallest absolute Gasteiger partial charge is 0.230 e. The predicted molar refractivity (Wildman–Crippen MR) is 46.6 cm³/mol. The van der Waals surface area contributed by atoms with Crippen molar-refractivity contribution in [1.29, 1.82) is 5.26 Å². The molecule has 0 aromatic carbocycles. The molecule has 0 spiro atoms. The minimum atomic E-state index is -3.01. The van der Waals surface area contributed by atoms with Crippen LogP contribution in [0.15, 0.2) is 6.07 Å². The zero-order chi connectivity index (χ0) is 10.0. The van der Waals surface area contributed by atoms with Crippen LogP contribution in [0.25, 0.3) is 0 Å². The number of hydrogen-bond donors (Lipinski definition) is 0. The fourth-order valence-electron chi connectivity index (χ4n) is 0.788. The number of pyridine rings is 1. The van der Waals surface area contributed by atoms with Crippen LogP contribution in [-0.4, -0.2) is 4.98 Å². The van der Waals surface area contributed by atoms with Gasteiger partial charge < -0.3 is 0 Å². The van der Waals surface area contributed by atoms with Crippen LogP contribution in [0.4, 0.5) is 13.2 Å². The maximum Gasteiger partial charge on any atom is 0.269 e. The summed E-state index contributed by atoms with van der Waals surface area (Å²) in [5, 5.41) is 8.40. The molecule has 0 aliphatic rings. The largest absolute Gasteiger partial charge is 0.269 e. The molecule has 13 heavy (non-hydrogen) atoms. The molecular formula is C7H2F3IN2.